The molecule has 0 fully saturated rings. The lowest BCUT2D eigenvalue weighted by molar-refractivity contribution is 0.0831. The number of aromatic nitrogens is 2. The number of aryl methyl sites for hydroxylation is 1. The first-order valence-electron chi connectivity index (χ1n) is 7.89. The van der Waals surface area contributed by atoms with Crippen LogP contribution in [0.4, 0.5) is 0 Å². The van der Waals surface area contributed by atoms with Gasteiger partial charge in [-0.3, -0.25) is 14.0 Å². The first-order valence-corrected chi connectivity index (χ1v) is 8.71. The molecule has 2 heterocycles. The largest absolute Gasteiger partial charge is 0.494 e. The number of benzene rings is 1. The quantitative estimate of drug-likeness (QED) is 0.657. The van der Waals surface area contributed by atoms with Crippen LogP contribution in [0.25, 0.3) is 16.2 Å². The summed E-state index contributed by atoms with van der Waals surface area (Å²) >= 11 is 1.29. The van der Waals surface area contributed by atoms with Gasteiger partial charge in [-0.05, 0) is 38.1 Å². The van der Waals surface area contributed by atoms with Gasteiger partial charge in [0.05, 0.1) is 6.61 Å². The van der Waals surface area contributed by atoms with Crippen LogP contribution in [0.3, 0.4) is 0 Å². The van der Waals surface area contributed by atoms with Crippen LogP contribution >= 0.6 is 11.3 Å². The zero-order chi connectivity index (χ0) is 18.1. The molecular weight excluding hydrogens is 338 g/mol. The molecular formula is C18H19N3O3S. The van der Waals surface area contributed by atoms with Gasteiger partial charge in [-0.15, -0.1) is 0 Å². The fourth-order valence-corrected chi connectivity index (χ4v) is 3.82. The molecule has 7 heteroatoms. The molecule has 0 N–H and O–H groups in total. The van der Waals surface area contributed by atoms with E-state index in [1.807, 2.05) is 38.1 Å². The number of rotatable bonds is 5. The van der Waals surface area contributed by atoms with Crippen molar-refractivity contribution >= 4 is 28.5 Å². The van der Waals surface area contributed by atoms with E-state index in [1.54, 1.807) is 18.5 Å². The number of hydrogen-bond donors (Lipinski definition) is 0. The maximum atomic E-state index is 12.3. The van der Waals surface area contributed by atoms with Crippen LogP contribution in [0.15, 0.2) is 24.3 Å². The SMILES string of the molecule is CCOc1ccc(-c2nc3sc(C(=O)N(C)C)c(C)n3c2C=O)cc1. The monoisotopic (exact) mass is 357 g/mol. The molecule has 2 aromatic heterocycles. The smallest absolute Gasteiger partial charge is 0.265 e. The van der Waals surface area contributed by atoms with E-state index in [9.17, 15) is 9.59 Å². The number of fused-ring (bicyclic) bond motifs is 1. The molecule has 0 atom stereocenters. The third kappa shape index (κ3) is 2.91. The second-order valence-electron chi connectivity index (χ2n) is 5.76. The number of thiazole rings is 1. The number of aldehydes is 1. The molecule has 130 valence electrons. The van der Waals surface area contributed by atoms with Crippen molar-refractivity contribution in [1.29, 1.82) is 0 Å². The van der Waals surface area contributed by atoms with Gasteiger partial charge in [0, 0.05) is 25.4 Å². The van der Waals surface area contributed by atoms with Gasteiger partial charge >= 0.3 is 0 Å². The minimum Gasteiger partial charge on any atom is -0.494 e. The third-order valence-electron chi connectivity index (χ3n) is 3.89. The van der Waals surface area contributed by atoms with Crippen molar-refractivity contribution in [2.24, 2.45) is 0 Å². The summed E-state index contributed by atoms with van der Waals surface area (Å²) in [5.41, 5.74) is 2.62. The molecule has 3 aromatic rings. The minimum absolute atomic E-state index is 0.0903. The Bertz CT molecular complexity index is 939. The summed E-state index contributed by atoms with van der Waals surface area (Å²) in [7, 11) is 3.41. The second kappa shape index (κ2) is 6.68. The Kier molecular flexibility index (Phi) is 4.59. The number of carbonyl (C=O) groups excluding carboxylic acids is 2. The lowest BCUT2D eigenvalue weighted by Crippen LogP contribution is -2.21. The van der Waals surface area contributed by atoms with Crippen molar-refractivity contribution in [1.82, 2.24) is 14.3 Å². The maximum absolute atomic E-state index is 12.3. The lowest BCUT2D eigenvalue weighted by Gasteiger charge is -2.09. The maximum Gasteiger partial charge on any atom is 0.265 e. The number of carbonyl (C=O) groups is 2. The molecule has 0 unspecified atom stereocenters. The number of imidazole rings is 1. The van der Waals surface area contributed by atoms with Gasteiger partial charge in [0.25, 0.3) is 5.91 Å². The molecule has 0 aliphatic carbocycles. The molecule has 0 aliphatic heterocycles. The highest BCUT2D eigenvalue weighted by Gasteiger charge is 2.23. The predicted molar refractivity (Wildman–Crippen MR) is 97.8 cm³/mol. The van der Waals surface area contributed by atoms with E-state index < -0.39 is 0 Å². The molecule has 25 heavy (non-hydrogen) atoms. The standard InChI is InChI=1S/C18H19N3O3S/c1-5-24-13-8-6-12(7-9-13)15-14(10-22)21-11(2)16(17(23)20(3)4)25-18(21)19-15/h6-10H,5H2,1-4H3. The Labute approximate surface area is 149 Å². The molecule has 6 nitrogen and oxygen atoms in total. The Morgan fingerprint density at radius 1 is 1.32 bits per heavy atom. The fourth-order valence-electron chi connectivity index (χ4n) is 2.67. The average Bonchev–Trinajstić information content (AvgIpc) is 3.12. The molecule has 0 saturated carbocycles. The van der Waals surface area contributed by atoms with Crippen LogP contribution in [0.5, 0.6) is 5.75 Å². The summed E-state index contributed by atoms with van der Waals surface area (Å²) in [6, 6.07) is 7.47. The number of ether oxygens (including phenoxy) is 1. The Balaban J connectivity index is 2.11. The van der Waals surface area contributed by atoms with Crippen molar-refractivity contribution in [3.63, 3.8) is 0 Å². The first-order chi connectivity index (χ1) is 12.0. The van der Waals surface area contributed by atoms with Crippen molar-refractivity contribution in [2.45, 2.75) is 13.8 Å². The van der Waals surface area contributed by atoms with E-state index in [-0.39, 0.29) is 5.91 Å². The molecule has 0 bridgehead atoms. The van der Waals surface area contributed by atoms with Gasteiger partial charge in [-0.1, -0.05) is 11.3 Å². The van der Waals surface area contributed by atoms with Gasteiger partial charge in [0.15, 0.2) is 11.2 Å². The average molecular weight is 357 g/mol. The summed E-state index contributed by atoms with van der Waals surface area (Å²) in [5, 5.41) is 0. The second-order valence-corrected chi connectivity index (χ2v) is 6.73. The van der Waals surface area contributed by atoms with Gasteiger partial charge in [-0.25, -0.2) is 4.98 Å². The van der Waals surface area contributed by atoms with E-state index in [4.69, 9.17) is 4.74 Å². The first kappa shape index (κ1) is 17.2. The number of amides is 1. The van der Waals surface area contributed by atoms with Gasteiger partial charge in [0.1, 0.15) is 22.0 Å². The van der Waals surface area contributed by atoms with Gasteiger partial charge < -0.3 is 9.64 Å². The summed E-state index contributed by atoms with van der Waals surface area (Å²) in [6.07, 6.45) is 0.787. The zero-order valence-corrected chi connectivity index (χ0v) is 15.4. The summed E-state index contributed by atoms with van der Waals surface area (Å²) < 4.78 is 7.20. The van der Waals surface area contributed by atoms with Gasteiger partial charge in [0.2, 0.25) is 0 Å². The van der Waals surface area contributed by atoms with Crippen molar-refractivity contribution < 1.29 is 14.3 Å². The topological polar surface area (TPSA) is 63.9 Å². The van der Waals surface area contributed by atoms with E-state index in [0.717, 1.165) is 23.3 Å². The highest BCUT2D eigenvalue weighted by molar-refractivity contribution is 7.19. The minimum atomic E-state index is -0.0903. The van der Waals surface area contributed by atoms with Gasteiger partial charge in [-0.2, -0.15) is 0 Å². The Hall–Kier alpha value is -2.67. The van der Waals surface area contributed by atoms with Crippen LogP contribution in [0.2, 0.25) is 0 Å². The molecule has 0 spiro atoms. The highest BCUT2D eigenvalue weighted by atomic mass is 32.1. The Morgan fingerprint density at radius 2 is 2.00 bits per heavy atom. The van der Waals surface area contributed by atoms with Crippen LogP contribution < -0.4 is 4.74 Å². The lowest BCUT2D eigenvalue weighted by atomic mass is 10.1. The zero-order valence-electron chi connectivity index (χ0n) is 14.6. The molecule has 0 saturated heterocycles. The molecule has 3 rings (SSSR count). The summed E-state index contributed by atoms with van der Waals surface area (Å²) in [4.78, 5) is 31.3. The highest BCUT2D eigenvalue weighted by Crippen LogP contribution is 2.31. The third-order valence-corrected chi connectivity index (χ3v) is 5.02. The Morgan fingerprint density at radius 3 is 2.56 bits per heavy atom. The van der Waals surface area contributed by atoms with E-state index in [1.165, 1.54) is 16.2 Å². The number of nitrogens with zero attached hydrogens (tertiary/aromatic N) is 3. The van der Waals surface area contributed by atoms with Crippen LogP contribution in [-0.4, -0.2) is 47.2 Å². The predicted octanol–water partition coefficient (Wildman–Crippen LogP) is 3.28. The molecule has 1 amide bonds. The summed E-state index contributed by atoms with van der Waals surface area (Å²) in [5.74, 6) is 0.683. The van der Waals surface area contributed by atoms with Crippen LogP contribution in [0.1, 0.15) is 32.8 Å². The molecule has 1 aromatic carbocycles. The molecule has 0 radical (unpaired) electrons. The number of hydrogen-bond acceptors (Lipinski definition) is 5. The van der Waals surface area contributed by atoms with E-state index in [0.29, 0.717) is 27.8 Å². The fraction of sp³-hybridized carbons (Fsp3) is 0.278. The van der Waals surface area contributed by atoms with Crippen molar-refractivity contribution in [3.05, 3.63) is 40.5 Å². The van der Waals surface area contributed by atoms with Crippen LogP contribution in [-0.2, 0) is 0 Å². The normalized spacial score (nSPS) is 10.9. The molecule has 0 aliphatic rings. The summed E-state index contributed by atoms with van der Waals surface area (Å²) in [6.45, 7) is 4.36. The van der Waals surface area contributed by atoms with Crippen LogP contribution in [0, 0.1) is 6.92 Å². The van der Waals surface area contributed by atoms with E-state index >= 15 is 0 Å². The van der Waals surface area contributed by atoms with Crippen molar-refractivity contribution in [2.75, 3.05) is 20.7 Å². The van der Waals surface area contributed by atoms with E-state index in [2.05, 4.69) is 4.98 Å². The van der Waals surface area contributed by atoms with Crippen molar-refractivity contribution in [3.8, 4) is 17.0 Å².